The van der Waals surface area contributed by atoms with E-state index in [1.807, 2.05) is 69.8 Å². The van der Waals surface area contributed by atoms with Crippen LogP contribution in [0.25, 0.3) is 16.6 Å². The van der Waals surface area contributed by atoms with Crippen LogP contribution >= 0.6 is 23.8 Å². The highest BCUT2D eigenvalue weighted by molar-refractivity contribution is 7.80. The number of halogens is 1. The van der Waals surface area contributed by atoms with Crippen LogP contribution in [-0.2, 0) is 16.9 Å². The van der Waals surface area contributed by atoms with E-state index in [9.17, 15) is 19.8 Å². The molecule has 2 aromatic heterocycles. The molecule has 3 aliphatic heterocycles. The van der Waals surface area contributed by atoms with Crippen LogP contribution in [0.1, 0.15) is 70.6 Å². The van der Waals surface area contributed by atoms with Gasteiger partial charge in [0, 0.05) is 64.9 Å². The van der Waals surface area contributed by atoms with Gasteiger partial charge in [0.1, 0.15) is 34.3 Å². The number of nitrogens with one attached hydrogen (secondary N) is 2. The molecule has 1 fully saturated rings. The Balaban J connectivity index is 0.724. The van der Waals surface area contributed by atoms with Crippen LogP contribution < -0.4 is 25.7 Å². The predicted octanol–water partition coefficient (Wildman–Crippen LogP) is 9.30. The fourth-order valence-electron chi connectivity index (χ4n) is 9.50. The van der Waals surface area contributed by atoms with E-state index in [0.29, 0.717) is 75.7 Å². The summed E-state index contributed by atoms with van der Waals surface area (Å²) in [4.78, 5) is 29.7. The number of carbonyl (C=O) groups excluding carboxylic acids is 1. The molecule has 0 unspecified atom stereocenters. The van der Waals surface area contributed by atoms with E-state index < -0.39 is 11.6 Å². The molecule has 5 heterocycles. The van der Waals surface area contributed by atoms with Crippen LogP contribution in [-0.4, -0.2) is 67.9 Å². The number of nitrogens with zero attached hydrogens (tertiary/aromatic N) is 3. The van der Waals surface area contributed by atoms with Crippen LogP contribution in [0.3, 0.4) is 0 Å². The molecule has 0 radical (unpaired) electrons. The summed E-state index contributed by atoms with van der Waals surface area (Å²) in [6.07, 6.45) is 6.62. The Morgan fingerprint density at radius 3 is 2.28 bits per heavy atom. The Morgan fingerprint density at radius 1 is 0.797 bits per heavy atom. The molecule has 5 aromatic carbocycles. The molecular weight excluding hydrogens is 850 g/mol. The van der Waals surface area contributed by atoms with Crippen molar-refractivity contribution in [2.45, 2.75) is 50.2 Å². The SMILES string of the molecule is O=C1OC2(c3ccc(O)cc3Oc3cc(O)ccc32)c2ccc(NC(=S)NCCCCOc3ccc4c(c3)n3cccc3c(=O)n4CCCN3CCC(c4ccc(Cl)cc4)CC3)cc21. The molecule has 326 valence electrons. The first kappa shape index (κ1) is 41.5. The number of aromatic hydroxyl groups is 2. The van der Waals surface area contributed by atoms with Crippen molar-refractivity contribution in [2.75, 3.05) is 38.1 Å². The molecule has 3 aliphatic rings. The van der Waals surface area contributed by atoms with E-state index in [2.05, 4.69) is 27.7 Å². The second-order valence-corrected chi connectivity index (χ2v) is 17.5. The number of likely N-dealkylation sites (tertiary alicyclic amines) is 1. The van der Waals surface area contributed by atoms with E-state index in [1.54, 1.807) is 18.2 Å². The van der Waals surface area contributed by atoms with Crippen molar-refractivity contribution in [3.63, 3.8) is 0 Å². The monoisotopic (exact) mass is 895 g/mol. The average Bonchev–Trinajstić information content (AvgIpc) is 3.90. The van der Waals surface area contributed by atoms with Crippen LogP contribution in [0.15, 0.2) is 120 Å². The highest BCUT2D eigenvalue weighted by Gasteiger charge is 2.53. The van der Waals surface area contributed by atoms with Crippen molar-refractivity contribution < 1.29 is 29.2 Å². The molecule has 12 nitrogen and oxygen atoms in total. The maximum absolute atomic E-state index is 13.7. The maximum Gasteiger partial charge on any atom is 0.340 e. The van der Waals surface area contributed by atoms with Crippen molar-refractivity contribution in [1.82, 2.24) is 19.2 Å². The first-order valence-corrected chi connectivity index (χ1v) is 22.4. The van der Waals surface area contributed by atoms with Crippen LogP contribution in [0, 0.1) is 0 Å². The fraction of sp³-hybridized carbons (Fsp3) is 0.260. The molecule has 1 spiro atoms. The molecule has 7 aromatic rings. The molecule has 4 N–H and O–H groups in total. The number of benzene rings is 5. The third kappa shape index (κ3) is 7.77. The number of carbonyl (C=O) groups is 1. The number of rotatable bonds is 12. The van der Waals surface area contributed by atoms with Gasteiger partial charge < -0.3 is 48.9 Å². The molecule has 0 amide bonds. The van der Waals surface area contributed by atoms with Gasteiger partial charge in [0.05, 0.1) is 23.2 Å². The number of phenols is 2. The Kier molecular flexibility index (Phi) is 11.1. The van der Waals surface area contributed by atoms with Gasteiger partial charge in [0.25, 0.3) is 5.56 Å². The highest BCUT2D eigenvalue weighted by Crippen LogP contribution is 2.57. The Hall–Kier alpha value is -6.54. The number of piperidine rings is 1. The lowest BCUT2D eigenvalue weighted by Crippen LogP contribution is -2.34. The number of aryl methyl sites for hydroxylation is 1. The average molecular weight is 896 g/mol. The number of hydrogen-bond acceptors (Lipinski definition) is 9. The highest BCUT2D eigenvalue weighted by atomic mass is 35.5. The van der Waals surface area contributed by atoms with Gasteiger partial charge in [-0.1, -0.05) is 29.8 Å². The summed E-state index contributed by atoms with van der Waals surface area (Å²) in [7, 11) is 0. The third-order valence-corrected chi connectivity index (χ3v) is 13.2. The van der Waals surface area contributed by atoms with Gasteiger partial charge in [-0.2, -0.15) is 0 Å². The van der Waals surface area contributed by atoms with E-state index in [-0.39, 0.29) is 17.1 Å². The van der Waals surface area contributed by atoms with Gasteiger partial charge in [-0.3, -0.25) is 4.79 Å². The van der Waals surface area contributed by atoms with Crippen molar-refractivity contribution >= 4 is 57.1 Å². The summed E-state index contributed by atoms with van der Waals surface area (Å²) in [5.74, 6) is 1.40. The van der Waals surface area contributed by atoms with E-state index in [1.165, 1.54) is 29.8 Å². The zero-order valence-electron chi connectivity index (χ0n) is 34.9. The molecule has 10 rings (SSSR count). The summed E-state index contributed by atoms with van der Waals surface area (Å²) >= 11 is 11.7. The first-order valence-electron chi connectivity index (χ1n) is 21.7. The number of fused-ring (bicyclic) bond motifs is 9. The van der Waals surface area contributed by atoms with Crippen molar-refractivity contribution in [3.05, 3.63) is 159 Å². The number of thiocarbonyl (C=S) groups is 1. The van der Waals surface area contributed by atoms with Crippen LogP contribution in [0.5, 0.6) is 28.7 Å². The molecule has 0 atom stereocenters. The van der Waals surface area contributed by atoms with Gasteiger partial charge in [0.2, 0.25) is 0 Å². The second kappa shape index (κ2) is 17.2. The Labute approximate surface area is 379 Å². The zero-order valence-corrected chi connectivity index (χ0v) is 36.5. The summed E-state index contributed by atoms with van der Waals surface area (Å²) in [5.41, 5.74) is 5.19. The first-order chi connectivity index (χ1) is 31.1. The summed E-state index contributed by atoms with van der Waals surface area (Å²) in [6.45, 7) is 4.78. The number of hydrogen-bond donors (Lipinski definition) is 4. The van der Waals surface area contributed by atoms with Crippen LogP contribution in [0.2, 0.25) is 5.02 Å². The number of phenolic OH excluding ortho intramolecular Hbond substituents is 2. The standard InChI is InChI=1S/C50H46ClN5O7S/c51-33-8-6-31(7-9-33)32-18-24-54(25-19-32)21-4-23-56-42-17-13-37(30-44(42)55-22-3-5-43(55)47(56)59)61-26-2-1-20-52-49(64)53-34-10-14-39-38(27-34)48(60)63-50(39)40-15-11-35(57)28-45(40)62-46-29-36(58)12-16-41(46)50/h3,5-17,22,27-30,32,57-58H,1-2,4,18-21,23-26H2,(H2,52,53,64). The zero-order chi connectivity index (χ0) is 44.0. The minimum Gasteiger partial charge on any atom is -0.508 e. The summed E-state index contributed by atoms with van der Waals surface area (Å²) in [6, 6.07) is 32.7. The molecule has 0 bridgehead atoms. The van der Waals surface area contributed by atoms with Crippen molar-refractivity contribution in [2.24, 2.45) is 0 Å². The normalized spacial score (nSPS) is 15.4. The topological polar surface area (TPSA) is 139 Å². The lowest BCUT2D eigenvalue weighted by Gasteiger charge is -2.36. The summed E-state index contributed by atoms with van der Waals surface area (Å²) < 4.78 is 22.3. The lowest BCUT2D eigenvalue weighted by molar-refractivity contribution is 0.0224. The molecule has 14 heteroatoms. The minimum absolute atomic E-state index is 0.00700. The maximum atomic E-state index is 13.7. The van der Waals surface area contributed by atoms with Gasteiger partial charge >= 0.3 is 5.97 Å². The van der Waals surface area contributed by atoms with Crippen molar-refractivity contribution in [3.8, 4) is 28.7 Å². The molecular formula is C50H46ClN5O7S. The van der Waals surface area contributed by atoms with Gasteiger partial charge in [-0.05, 0) is 148 Å². The predicted molar refractivity (Wildman–Crippen MR) is 251 cm³/mol. The Bertz CT molecular complexity index is 2950. The van der Waals surface area contributed by atoms with Crippen molar-refractivity contribution in [1.29, 1.82) is 0 Å². The number of unbranched alkanes of at least 4 members (excludes halogenated alkanes) is 1. The van der Waals surface area contributed by atoms with Crippen LogP contribution in [0.4, 0.5) is 5.69 Å². The number of esters is 1. The van der Waals surface area contributed by atoms with Gasteiger partial charge in [0.15, 0.2) is 10.7 Å². The molecule has 1 saturated heterocycles. The molecule has 0 saturated carbocycles. The second-order valence-electron chi connectivity index (χ2n) is 16.6. The van der Waals surface area contributed by atoms with E-state index in [4.69, 9.17) is 38.0 Å². The molecule has 64 heavy (non-hydrogen) atoms. The Morgan fingerprint density at radius 2 is 1.53 bits per heavy atom. The number of aromatic nitrogens is 2. The summed E-state index contributed by atoms with van der Waals surface area (Å²) in [5, 5.41) is 28.0. The number of ether oxygens (including phenoxy) is 3. The lowest BCUT2D eigenvalue weighted by atomic mass is 9.77. The largest absolute Gasteiger partial charge is 0.508 e. The van der Waals surface area contributed by atoms with Gasteiger partial charge in [-0.15, -0.1) is 0 Å². The van der Waals surface area contributed by atoms with Gasteiger partial charge in [-0.25, -0.2) is 4.79 Å². The van der Waals surface area contributed by atoms with E-state index in [0.717, 1.165) is 73.5 Å². The van der Waals surface area contributed by atoms with E-state index >= 15 is 0 Å². The minimum atomic E-state index is -1.34. The smallest absolute Gasteiger partial charge is 0.340 e. The third-order valence-electron chi connectivity index (χ3n) is 12.7. The number of anilines is 1. The molecule has 0 aliphatic carbocycles. The fourth-order valence-corrected chi connectivity index (χ4v) is 9.85. The quantitative estimate of drug-likeness (QED) is 0.0531.